The van der Waals surface area contributed by atoms with Crippen molar-refractivity contribution >= 4 is 17.3 Å². The van der Waals surface area contributed by atoms with Crippen molar-refractivity contribution in [2.75, 3.05) is 24.2 Å². The van der Waals surface area contributed by atoms with Gasteiger partial charge in [0.1, 0.15) is 0 Å². The first-order chi connectivity index (χ1) is 9.54. The standard InChI is InChI=1S/C16H22N2O2/c1-18(9-12-7-10-2-3-11(12)6-10)13-4-5-15(17)14(8-13)16(19)20/h4-5,8,10-12H,2-3,6-7,9,17H2,1H3,(H,19,20). The predicted molar refractivity (Wildman–Crippen MR) is 80.0 cm³/mol. The van der Waals surface area contributed by atoms with E-state index in [9.17, 15) is 4.79 Å². The Morgan fingerprint density at radius 2 is 2.20 bits per heavy atom. The molecule has 0 saturated heterocycles. The van der Waals surface area contributed by atoms with E-state index in [4.69, 9.17) is 10.8 Å². The summed E-state index contributed by atoms with van der Waals surface area (Å²) in [5, 5.41) is 9.14. The Morgan fingerprint density at radius 1 is 1.40 bits per heavy atom. The molecule has 0 heterocycles. The number of carboxylic acid groups (broad SMARTS) is 1. The lowest BCUT2D eigenvalue weighted by molar-refractivity contribution is 0.0698. The third-order valence-corrected chi connectivity index (χ3v) is 5.10. The topological polar surface area (TPSA) is 66.6 Å². The van der Waals surface area contributed by atoms with Crippen LogP contribution in [0.3, 0.4) is 0 Å². The lowest BCUT2D eigenvalue weighted by atomic mass is 9.88. The number of benzene rings is 1. The van der Waals surface area contributed by atoms with E-state index in [-0.39, 0.29) is 5.56 Å². The molecule has 2 bridgehead atoms. The summed E-state index contributed by atoms with van der Waals surface area (Å²) in [6.45, 7) is 1.02. The molecule has 3 rings (SSSR count). The summed E-state index contributed by atoms with van der Waals surface area (Å²) in [6, 6.07) is 5.29. The zero-order valence-electron chi connectivity index (χ0n) is 11.9. The van der Waals surface area contributed by atoms with Crippen LogP contribution in [0.25, 0.3) is 0 Å². The van der Waals surface area contributed by atoms with Crippen molar-refractivity contribution in [2.24, 2.45) is 17.8 Å². The van der Waals surface area contributed by atoms with E-state index in [1.807, 2.05) is 13.1 Å². The second-order valence-electron chi connectivity index (χ2n) is 6.39. The van der Waals surface area contributed by atoms with Crippen LogP contribution < -0.4 is 10.6 Å². The molecule has 2 aliphatic rings. The molecule has 2 saturated carbocycles. The Hall–Kier alpha value is -1.71. The molecule has 4 nitrogen and oxygen atoms in total. The van der Waals surface area contributed by atoms with Crippen LogP contribution in [0.1, 0.15) is 36.0 Å². The molecule has 2 aliphatic carbocycles. The summed E-state index contributed by atoms with van der Waals surface area (Å²) in [7, 11) is 2.04. The minimum Gasteiger partial charge on any atom is -0.478 e. The predicted octanol–water partition coefficient (Wildman–Crippen LogP) is 2.84. The molecule has 0 amide bonds. The van der Waals surface area contributed by atoms with Gasteiger partial charge in [0, 0.05) is 25.0 Å². The molecule has 3 atom stereocenters. The molecule has 0 spiro atoms. The quantitative estimate of drug-likeness (QED) is 0.829. The van der Waals surface area contributed by atoms with E-state index in [1.165, 1.54) is 25.7 Å². The van der Waals surface area contributed by atoms with Gasteiger partial charge in [-0.25, -0.2) is 4.79 Å². The van der Waals surface area contributed by atoms with E-state index >= 15 is 0 Å². The fraction of sp³-hybridized carbons (Fsp3) is 0.562. The summed E-state index contributed by atoms with van der Waals surface area (Å²) in [4.78, 5) is 13.3. The van der Waals surface area contributed by atoms with Crippen LogP contribution in [-0.2, 0) is 0 Å². The molecule has 0 aromatic heterocycles. The number of hydrogen-bond acceptors (Lipinski definition) is 3. The Bertz CT molecular complexity index is 529. The van der Waals surface area contributed by atoms with Crippen molar-refractivity contribution in [1.29, 1.82) is 0 Å². The molecule has 1 aromatic carbocycles. The maximum Gasteiger partial charge on any atom is 0.337 e. The summed E-state index contributed by atoms with van der Waals surface area (Å²) in [5.41, 5.74) is 7.17. The molecule has 108 valence electrons. The second-order valence-corrected chi connectivity index (χ2v) is 6.39. The highest BCUT2D eigenvalue weighted by molar-refractivity contribution is 5.94. The number of carbonyl (C=O) groups is 1. The number of aromatic carboxylic acids is 1. The van der Waals surface area contributed by atoms with Crippen LogP contribution in [0.15, 0.2) is 18.2 Å². The molecular weight excluding hydrogens is 252 g/mol. The maximum absolute atomic E-state index is 11.1. The monoisotopic (exact) mass is 274 g/mol. The Morgan fingerprint density at radius 3 is 2.80 bits per heavy atom. The van der Waals surface area contributed by atoms with Gasteiger partial charge in [0.2, 0.25) is 0 Å². The molecule has 1 aromatic rings. The van der Waals surface area contributed by atoms with Crippen molar-refractivity contribution in [3.05, 3.63) is 23.8 Å². The van der Waals surface area contributed by atoms with Gasteiger partial charge in [-0.15, -0.1) is 0 Å². The van der Waals surface area contributed by atoms with Gasteiger partial charge in [-0.05, 0) is 55.2 Å². The lowest BCUT2D eigenvalue weighted by Gasteiger charge is -2.28. The molecule has 2 fully saturated rings. The normalized spacial score (nSPS) is 27.8. The fourth-order valence-electron chi connectivity index (χ4n) is 4.02. The molecule has 3 unspecified atom stereocenters. The molecule has 20 heavy (non-hydrogen) atoms. The summed E-state index contributed by atoms with van der Waals surface area (Å²) in [5.74, 6) is 1.64. The van der Waals surface area contributed by atoms with E-state index in [1.54, 1.807) is 12.1 Å². The first-order valence-corrected chi connectivity index (χ1v) is 7.38. The van der Waals surface area contributed by atoms with Crippen LogP contribution in [0, 0.1) is 17.8 Å². The number of carboxylic acids is 1. The highest BCUT2D eigenvalue weighted by Crippen LogP contribution is 2.48. The minimum atomic E-state index is -0.960. The van der Waals surface area contributed by atoms with Crippen molar-refractivity contribution in [3.63, 3.8) is 0 Å². The van der Waals surface area contributed by atoms with Gasteiger partial charge in [0.25, 0.3) is 0 Å². The molecule has 4 heteroatoms. The highest BCUT2D eigenvalue weighted by Gasteiger charge is 2.39. The van der Waals surface area contributed by atoms with E-state index in [2.05, 4.69) is 4.90 Å². The number of nitrogen functional groups attached to an aromatic ring is 1. The van der Waals surface area contributed by atoms with Gasteiger partial charge in [-0.1, -0.05) is 6.42 Å². The van der Waals surface area contributed by atoms with Gasteiger partial charge in [-0.3, -0.25) is 0 Å². The van der Waals surface area contributed by atoms with Crippen LogP contribution in [-0.4, -0.2) is 24.7 Å². The number of nitrogens with two attached hydrogens (primary N) is 1. The smallest absolute Gasteiger partial charge is 0.337 e. The average Bonchev–Trinajstić information content (AvgIpc) is 3.01. The molecule has 0 aliphatic heterocycles. The van der Waals surface area contributed by atoms with Gasteiger partial charge in [-0.2, -0.15) is 0 Å². The van der Waals surface area contributed by atoms with Crippen LogP contribution in [0.4, 0.5) is 11.4 Å². The highest BCUT2D eigenvalue weighted by atomic mass is 16.4. The van der Waals surface area contributed by atoms with E-state index in [0.717, 1.165) is 30.0 Å². The first kappa shape index (κ1) is 13.3. The molecular formula is C16H22N2O2. The second kappa shape index (κ2) is 5.00. The SMILES string of the molecule is CN(CC1CC2CCC1C2)c1ccc(N)c(C(=O)O)c1. The van der Waals surface area contributed by atoms with Crippen LogP contribution >= 0.6 is 0 Å². The molecule has 0 radical (unpaired) electrons. The number of hydrogen-bond donors (Lipinski definition) is 2. The van der Waals surface area contributed by atoms with Crippen LogP contribution in [0.2, 0.25) is 0 Å². The number of nitrogens with zero attached hydrogens (tertiary/aromatic N) is 1. The van der Waals surface area contributed by atoms with Gasteiger partial charge in [0.05, 0.1) is 5.56 Å². The van der Waals surface area contributed by atoms with Gasteiger partial charge < -0.3 is 15.7 Å². The number of rotatable bonds is 4. The summed E-state index contributed by atoms with van der Waals surface area (Å²) >= 11 is 0. The Balaban J connectivity index is 1.72. The Kier molecular flexibility index (Phi) is 3.32. The molecule has 3 N–H and O–H groups in total. The zero-order chi connectivity index (χ0) is 14.3. The van der Waals surface area contributed by atoms with E-state index < -0.39 is 5.97 Å². The van der Waals surface area contributed by atoms with Crippen molar-refractivity contribution in [2.45, 2.75) is 25.7 Å². The maximum atomic E-state index is 11.1. The average molecular weight is 274 g/mol. The zero-order valence-corrected chi connectivity index (χ0v) is 11.9. The van der Waals surface area contributed by atoms with Crippen molar-refractivity contribution in [1.82, 2.24) is 0 Å². The number of fused-ring (bicyclic) bond motifs is 2. The third-order valence-electron chi connectivity index (χ3n) is 5.10. The lowest BCUT2D eigenvalue weighted by Crippen LogP contribution is -2.28. The first-order valence-electron chi connectivity index (χ1n) is 7.38. The summed E-state index contributed by atoms with van der Waals surface area (Å²) in [6.07, 6.45) is 5.54. The summed E-state index contributed by atoms with van der Waals surface area (Å²) < 4.78 is 0. The van der Waals surface area contributed by atoms with Gasteiger partial charge in [0.15, 0.2) is 0 Å². The van der Waals surface area contributed by atoms with Crippen LogP contribution in [0.5, 0.6) is 0 Å². The minimum absolute atomic E-state index is 0.197. The third kappa shape index (κ3) is 2.35. The Labute approximate surface area is 119 Å². The largest absolute Gasteiger partial charge is 0.478 e. The fourth-order valence-corrected chi connectivity index (χ4v) is 4.02. The van der Waals surface area contributed by atoms with E-state index in [0.29, 0.717) is 5.69 Å². The van der Waals surface area contributed by atoms with Crippen molar-refractivity contribution < 1.29 is 9.90 Å². The van der Waals surface area contributed by atoms with Crippen molar-refractivity contribution in [3.8, 4) is 0 Å². The van der Waals surface area contributed by atoms with Gasteiger partial charge >= 0.3 is 5.97 Å². The number of anilines is 2.